The number of benzene rings is 2. The maximum Gasteiger partial charge on any atom is 0.265 e. The highest BCUT2D eigenvalue weighted by Gasteiger charge is 2.28. The highest BCUT2D eigenvalue weighted by molar-refractivity contribution is 8.01. The van der Waals surface area contributed by atoms with Crippen LogP contribution in [0.2, 0.25) is 0 Å². The van der Waals surface area contributed by atoms with E-state index in [9.17, 15) is 4.79 Å². The van der Waals surface area contributed by atoms with Gasteiger partial charge in [0, 0.05) is 16.1 Å². The lowest BCUT2D eigenvalue weighted by molar-refractivity contribution is -0.122. The fourth-order valence-corrected chi connectivity index (χ4v) is 3.70. The zero-order valence-electron chi connectivity index (χ0n) is 13.3. The summed E-state index contributed by atoms with van der Waals surface area (Å²) in [6.45, 7) is 1.72. The van der Waals surface area contributed by atoms with Crippen molar-refractivity contribution in [2.24, 2.45) is 5.73 Å². The van der Waals surface area contributed by atoms with Gasteiger partial charge in [0.2, 0.25) is 0 Å². The molecular weight excluding hydrogens is 322 g/mol. The average molecular weight is 341 g/mol. The number of anilines is 1. The van der Waals surface area contributed by atoms with E-state index in [4.69, 9.17) is 15.9 Å². The molecular formula is C18H19N3O2S. The number of thioether (sulfide) groups is 1. The van der Waals surface area contributed by atoms with Crippen molar-refractivity contribution in [1.29, 1.82) is 5.41 Å². The van der Waals surface area contributed by atoms with Crippen LogP contribution in [0.25, 0.3) is 0 Å². The molecule has 0 saturated carbocycles. The summed E-state index contributed by atoms with van der Waals surface area (Å²) >= 11 is 1.57. The van der Waals surface area contributed by atoms with Crippen LogP contribution in [0.4, 0.5) is 5.69 Å². The minimum absolute atomic E-state index is 0.0572. The first-order valence-electron chi connectivity index (χ1n) is 7.69. The largest absolute Gasteiger partial charge is 0.481 e. The zero-order valence-corrected chi connectivity index (χ0v) is 14.1. The number of rotatable bonds is 5. The van der Waals surface area contributed by atoms with Gasteiger partial charge < -0.3 is 15.8 Å². The molecule has 0 aliphatic carbocycles. The van der Waals surface area contributed by atoms with Crippen LogP contribution in [-0.2, 0) is 11.2 Å². The maximum absolute atomic E-state index is 12.3. The van der Waals surface area contributed by atoms with Crippen molar-refractivity contribution in [1.82, 2.24) is 0 Å². The number of carbonyl (C=O) groups is 1. The molecule has 0 bridgehead atoms. The van der Waals surface area contributed by atoms with E-state index in [1.165, 1.54) is 0 Å². The number of nitrogens with two attached hydrogens (primary N) is 1. The SMILES string of the molecule is CC(Oc1cccc2c1CC(C(=N)N)S2)C(=O)Nc1ccccc1. The Morgan fingerprint density at radius 1 is 1.29 bits per heavy atom. The molecule has 6 heteroatoms. The van der Waals surface area contributed by atoms with E-state index in [2.05, 4.69) is 5.32 Å². The van der Waals surface area contributed by atoms with Crippen LogP contribution in [0.3, 0.4) is 0 Å². The molecule has 0 fully saturated rings. The topological polar surface area (TPSA) is 88.2 Å². The van der Waals surface area contributed by atoms with Crippen molar-refractivity contribution in [3.8, 4) is 5.75 Å². The summed E-state index contributed by atoms with van der Waals surface area (Å²) in [5.41, 5.74) is 7.38. The predicted molar refractivity (Wildman–Crippen MR) is 96.9 cm³/mol. The lowest BCUT2D eigenvalue weighted by Gasteiger charge is -2.17. The van der Waals surface area contributed by atoms with Crippen LogP contribution in [0, 0.1) is 5.41 Å². The van der Waals surface area contributed by atoms with Crippen molar-refractivity contribution >= 4 is 29.2 Å². The third-order valence-corrected chi connectivity index (χ3v) is 5.15. The van der Waals surface area contributed by atoms with E-state index in [0.717, 1.165) is 16.1 Å². The number of nitrogens with one attached hydrogen (secondary N) is 2. The van der Waals surface area contributed by atoms with Crippen LogP contribution < -0.4 is 15.8 Å². The first-order chi connectivity index (χ1) is 11.5. The second kappa shape index (κ2) is 6.97. The molecule has 2 aromatic rings. The third-order valence-electron chi connectivity index (χ3n) is 3.81. The van der Waals surface area contributed by atoms with Gasteiger partial charge in [-0.25, -0.2) is 0 Å². The maximum atomic E-state index is 12.3. The molecule has 5 nitrogen and oxygen atoms in total. The number of carbonyl (C=O) groups excluding carboxylic acids is 1. The monoisotopic (exact) mass is 341 g/mol. The molecule has 0 aromatic heterocycles. The second-order valence-corrected chi connectivity index (χ2v) is 6.86. The van der Waals surface area contributed by atoms with Gasteiger partial charge in [0.1, 0.15) is 11.6 Å². The summed E-state index contributed by atoms with van der Waals surface area (Å²) in [6.07, 6.45) is 0.0245. The van der Waals surface area contributed by atoms with Gasteiger partial charge in [-0.3, -0.25) is 10.2 Å². The van der Waals surface area contributed by atoms with E-state index < -0.39 is 6.10 Å². The summed E-state index contributed by atoms with van der Waals surface area (Å²) in [7, 11) is 0. The number of fused-ring (bicyclic) bond motifs is 1. The Hall–Kier alpha value is -2.47. The van der Waals surface area contributed by atoms with E-state index in [1.807, 2.05) is 48.5 Å². The fraction of sp³-hybridized carbons (Fsp3) is 0.222. The molecule has 124 valence electrons. The number of ether oxygens (including phenoxy) is 1. The molecule has 0 spiro atoms. The van der Waals surface area contributed by atoms with E-state index in [1.54, 1.807) is 18.7 Å². The Morgan fingerprint density at radius 3 is 2.75 bits per heavy atom. The van der Waals surface area contributed by atoms with E-state index in [-0.39, 0.29) is 17.0 Å². The Kier molecular flexibility index (Phi) is 4.76. The van der Waals surface area contributed by atoms with Gasteiger partial charge in [-0.05, 0) is 37.6 Å². The zero-order chi connectivity index (χ0) is 17.1. The third kappa shape index (κ3) is 3.54. The van der Waals surface area contributed by atoms with Gasteiger partial charge >= 0.3 is 0 Å². The summed E-state index contributed by atoms with van der Waals surface area (Å²) in [5.74, 6) is 0.643. The summed E-state index contributed by atoms with van der Waals surface area (Å²) in [5, 5.41) is 10.4. The molecule has 2 aromatic carbocycles. The van der Waals surface area contributed by atoms with Crippen LogP contribution in [0.15, 0.2) is 53.4 Å². The standard InChI is InChI=1S/C18H19N3O2S/c1-11(18(22)21-12-6-3-2-4-7-12)23-14-8-5-9-15-13(14)10-16(24-15)17(19)20/h2-9,11,16H,10H2,1H3,(H3,19,20)(H,21,22). The van der Waals surface area contributed by atoms with Crippen molar-refractivity contribution in [2.75, 3.05) is 5.32 Å². The van der Waals surface area contributed by atoms with Crippen LogP contribution >= 0.6 is 11.8 Å². The van der Waals surface area contributed by atoms with Crippen LogP contribution in [0.1, 0.15) is 12.5 Å². The first kappa shape index (κ1) is 16.4. The van der Waals surface area contributed by atoms with E-state index >= 15 is 0 Å². The molecule has 2 atom stereocenters. The molecule has 0 saturated heterocycles. The van der Waals surface area contributed by atoms with Crippen molar-refractivity contribution in [2.45, 2.75) is 29.6 Å². The number of para-hydroxylation sites is 1. The summed E-state index contributed by atoms with van der Waals surface area (Å²) in [6, 6.07) is 15.0. The molecule has 3 rings (SSSR count). The van der Waals surface area contributed by atoms with Crippen LogP contribution in [-0.4, -0.2) is 23.1 Å². The van der Waals surface area contributed by atoms with Gasteiger partial charge in [-0.15, -0.1) is 11.8 Å². The average Bonchev–Trinajstić information content (AvgIpc) is 3.01. The van der Waals surface area contributed by atoms with Gasteiger partial charge in [0.25, 0.3) is 5.91 Å². The predicted octanol–water partition coefficient (Wildman–Crippen LogP) is 3.05. The Morgan fingerprint density at radius 2 is 2.04 bits per heavy atom. The highest BCUT2D eigenvalue weighted by atomic mass is 32.2. The molecule has 2 unspecified atom stereocenters. The minimum atomic E-state index is -0.627. The Bertz CT molecular complexity index is 764. The van der Waals surface area contributed by atoms with Crippen LogP contribution in [0.5, 0.6) is 5.75 Å². The summed E-state index contributed by atoms with van der Waals surface area (Å²) in [4.78, 5) is 13.4. The number of hydrogen-bond acceptors (Lipinski definition) is 4. The Labute approximate surface area is 145 Å². The molecule has 4 N–H and O–H groups in total. The van der Waals surface area contributed by atoms with Gasteiger partial charge in [0.05, 0.1) is 5.25 Å². The second-order valence-electron chi connectivity index (χ2n) is 5.61. The molecule has 1 heterocycles. The molecule has 24 heavy (non-hydrogen) atoms. The summed E-state index contributed by atoms with van der Waals surface area (Å²) < 4.78 is 5.88. The Balaban J connectivity index is 1.70. The quantitative estimate of drug-likeness (QED) is 0.576. The smallest absolute Gasteiger partial charge is 0.265 e. The van der Waals surface area contributed by atoms with Gasteiger partial charge in [0.15, 0.2) is 6.10 Å². The molecule has 1 amide bonds. The normalized spacial score (nSPS) is 17.0. The van der Waals surface area contributed by atoms with Crippen molar-refractivity contribution in [3.05, 3.63) is 54.1 Å². The van der Waals surface area contributed by atoms with Gasteiger partial charge in [-0.2, -0.15) is 0 Å². The number of amidine groups is 1. The minimum Gasteiger partial charge on any atom is -0.481 e. The first-order valence-corrected chi connectivity index (χ1v) is 8.57. The lowest BCUT2D eigenvalue weighted by Crippen LogP contribution is -2.30. The van der Waals surface area contributed by atoms with Gasteiger partial charge in [-0.1, -0.05) is 24.3 Å². The lowest BCUT2D eigenvalue weighted by atomic mass is 10.1. The number of amides is 1. The number of hydrogen-bond donors (Lipinski definition) is 3. The molecule has 0 radical (unpaired) electrons. The van der Waals surface area contributed by atoms with Crippen molar-refractivity contribution < 1.29 is 9.53 Å². The molecule has 1 aliphatic rings. The fourth-order valence-electron chi connectivity index (χ4n) is 2.53. The van der Waals surface area contributed by atoms with E-state index in [0.29, 0.717) is 12.2 Å². The van der Waals surface area contributed by atoms with Crippen molar-refractivity contribution in [3.63, 3.8) is 0 Å². The molecule has 1 aliphatic heterocycles. The highest BCUT2D eigenvalue weighted by Crippen LogP contribution is 2.41.